The molecule has 6 nitrogen and oxygen atoms in total. The Hall–Kier alpha value is -2.08. The lowest BCUT2D eigenvalue weighted by atomic mass is 9.83. The Labute approximate surface area is 192 Å². The van der Waals surface area contributed by atoms with E-state index < -0.39 is 11.7 Å². The molecule has 1 aromatic rings. The quantitative estimate of drug-likeness (QED) is 0.537. The van der Waals surface area contributed by atoms with Gasteiger partial charge in [-0.2, -0.15) is 0 Å². The van der Waals surface area contributed by atoms with Crippen LogP contribution in [0, 0.1) is 5.92 Å². The number of hydrogen-bond donors (Lipinski definition) is 2. The third kappa shape index (κ3) is 8.12. The highest BCUT2D eigenvalue weighted by molar-refractivity contribution is 5.76. The lowest BCUT2D eigenvalue weighted by molar-refractivity contribution is -0.153. The number of rotatable bonds is 8. The Morgan fingerprint density at radius 1 is 0.906 bits per heavy atom. The van der Waals surface area contributed by atoms with Gasteiger partial charge in [-0.1, -0.05) is 43.5 Å². The molecule has 0 heterocycles. The zero-order chi connectivity index (χ0) is 23.0. The van der Waals surface area contributed by atoms with E-state index in [2.05, 4.69) is 10.6 Å². The van der Waals surface area contributed by atoms with Crippen LogP contribution in [0.15, 0.2) is 24.3 Å². The maximum atomic E-state index is 13.0. The average Bonchev–Trinajstić information content (AvgIpc) is 3.26. The van der Waals surface area contributed by atoms with Crippen molar-refractivity contribution in [2.24, 2.45) is 5.92 Å². The first-order valence-electron chi connectivity index (χ1n) is 12.3. The van der Waals surface area contributed by atoms with Crippen LogP contribution in [0.2, 0.25) is 0 Å². The normalized spacial score (nSPS) is 18.8. The van der Waals surface area contributed by atoms with E-state index in [-0.39, 0.29) is 18.1 Å². The molecule has 178 valence electrons. The molecule has 2 saturated carbocycles. The molecule has 2 aliphatic rings. The molecule has 2 N–H and O–H groups in total. The summed E-state index contributed by atoms with van der Waals surface area (Å²) in [6.45, 7) is 6.58. The van der Waals surface area contributed by atoms with Gasteiger partial charge in [-0.15, -0.1) is 0 Å². The summed E-state index contributed by atoms with van der Waals surface area (Å²) in [5.74, 6) is 0.289. The van der Waals surface area contributed by atoms with Crippen LogP contribution in [-0.4, -0.2) is 29.8 Å². The van der Waals surface area contributed by atoms with E-state index in [0.29, 0.717) is 19.0 Å². The van der Waals surface area contributed by atoms with Crippen LogP contribution < -0.4 is 10.6 Å². The topological polar surface area (TPSA) is 76.7 Å². The molecule has 1 amide bonds. The van der Waals surface area contributed by atoms with E-state index in [1.54, 1.807) is 0 Å². The second kappa shape index (κ2) is 11.7. The van der Waals surface area contributed by atoms with Gasteiger partial charge in [-0.05, 0) is 76.3 Å². The Bertz CT molecular complexity index is 729. The molecule has 0 unspecified atom stereocenters. The monoisotopic (exact) mass is 444 g/mol. The molecule has 1 aromatic carbocycles. The average molecular weight is 445 g/mol. The minimum absolute atomic E-state index is 0.0676. The molecular weight excluding hydrogens is 404 g/mol. The summed E-state index contributed by atoms with van der Waals surface area (Å²) < 4.78 is 11.1. The first-order valence-corrected chi connectivity index (χ1v) is 12.3. The van der Waals surface area contributed by atoms with Gasteiger partial charge in [0.2, 0.25) is 0 Å². The van der Waals surface area contributed by atoms with E-state index in [0.717, 1.165) is 49.7 Å². The standard InChI is InChI=1S/C26H40N2O4/c1-26(2,3)32-25(30)28-18-20-15-13-19(14-16-20)17-27-23(21-9-5-4-6-10-21)24(29)31-22-11-7-8-12-22/h13-16,21-23,27H,4-12,17-18H2,1-3H3,(H,28,30)/t23-/m0/s1. The number of carbonyl (C=O) groups is 2. The third-order valence-electron chi connectivity index (χ3n) is 6.34. The fraction of sp³-hybridized carbons (Fsp3) is 0.692. The number of esters is 1. The minimum atomic E-state index is -0.507. The zero-order valence-corrected chi connectivity index (χ0v) is 20.0. The molecule has 2 fully saturated rings. The van der Waals surface area contributed by atoms with Crippen molar-refractivity contribution >= 4 is 12.1 Å². The van der Waals surface area contributed by atoms with Crippen molar-refractivity contribution in [3.63, 3.8) is 0 Å². The fourth-order valence-electron chi connectivity index (χ4n) is 4.64. The highest BCUT2D eigenvalue weighted by Gasteiger charge is 2.32. The summed E-state index contributed by atoms with van der Waals surface area (Å²) in [6.07, 6.45) is 9.84. The van der Waals surface area contributed by atoms with Crippen molar-refractivity contribution in [3.05, 3.63) is 35.4 Å². The van der Waals surface area contributed by atoms with E-state index >= 15 is 0 Å². The lowest BCUT2D eigenvalue weighted by Crippen LogP contribution is -2.45. The molecule has 2 aliphatic carbocycles. The van der Waals surface area contributed by atoms with Gasteiger partial charge < -0.3 is 20.1 Å². The molecule has 1 atom stereocenters. The molecule has 0 aromatic heterocycles. The first-order chi connectivity index (χ1) is 15.3. The molecule has 0 aliphatic heterocycles. The predicted molar refractivity (Wildman–Crippen MR) is 125 cm³/mol. The highest BCUT2D eigenvalue weighted by atomic mass is 16.6. The van der Waals surface area contributed by atoms with Gasteiger partial charge in [0.15, 0.2) is 0 Å². The Morgan fingerprint density at radius 3 is 2.06 bits per heavy atom. The fourth-order valence-corrected chi connectivity index (χ4v) is 4.64. The van der Waals surface area contributed by atoms with Crippen LogP contribution >= 0.6 is 0 Å². The molecule has 0 radical (unpaired) electrons. The van der Waals surface area contributed by atoms with Gasteiger partial charge >= 0.3 is 12.1 Å². The first kappa shape index (κ1) is 24.6. The molecule has 6 heteroatoms. The molecule has 0 saturated heterocycles. The molecular formula is C26H40N2O4. The summed E-state index contributed by atoms with van der Waals surface area (Å²) in [5.41, 5.74) is 1.61. The van der Waals surface area contributed by atoms with Crippen LogP contribution in [0.25, 0.3) is 0 Å². The predicted octanol–water partition coefficient (Wildman–Crippen LogP) is 5.24. The summed E-state index contributed by atoms with van der Waals surface area (Å²) in [5, 5.41) is 6.29. The van der Waals surface area contributed by atoms with Gasteiger partial charge in [0.25, 0.3) is 0 Å². The lowest BCUT2D eigenvalue weighted by Gasteiger charge is -2.30. The molecule has 0 spiro atoms. The number of ether oxygens (including phenoxy) is 2. The number of nitrogens with one attached hydrogen (secondary N) is 2. The number of alkyl carbamates (subject to hydrolysis) is 1. The van der Waals surface area contributed by atoms with E-state index in [1.165, 1.54) is 19.3 Å². The van der Waals surface area contributed by atoms with Crippen LogP contribution in [0.4, 0.5) is 4.79 Å². The van der Waals surface area contributed by atoms with Gasteiger partial charge in [-0.3, -0.25) is 4.79 Å². The molecule has 3 rings (SSSR count). The largest absolute Gasteiger partial charge is 0.461 e. The van der Waals surface area contributed by atoms with Crippen molar-refractivity contribution < 1.29 is 19.1 Å². The third-order valence-corrected chi connectivity index (χ3v) is 6.34. The Balaban J connectivity index is 1.51. The van der Waals surface area contributed by atoms with Gasteiger partial charge in [0.1, 0.15) is 17.7 Å². The van der Waals surface area contributed by atoms with Crippen LogP contribution in [0.3, 0.4) is 0 Å². The van der Waals surface area contributed by atoms with E-state index in [4.69, 9.17) is 9.47 Å². The maximum Gasteiger partial charge on any atom is 0.407 e. The van der Waals surface area contributed by atoms with Gasteiger partial charge in [-0.25, -0.2) is 4.79 Å². The zero-order valence-electron chi connectivity index (χ0n) is 20.0. The van der Waals surface area contributed by atoms with Crippen molar-refractivity contribution in [1.82, 2.24) is 10.6 Å². The summed E-state index contributed by atoms with van der Waals surface area (Å²) in [4.78, 5) is 24.8. The number of amides is 1. The molecule has 32 heavy (non-hydrogen) atoms. The van der Waals surface area contributed by atoms with E-state index in [1.807, 2.05) is 45.0 Å². The van der Waals surface area contributed by atoms with E-state index in [9.17, 15) is 9.59 Å². The minimum Gasteiger partial charge on any atom is -0.461 e. The van der Waals surface area contributed by atoms with Gasteiger partial charge in [0.05, 0.1) is 0 Å². The second-order valence-electron chi connectivity index (χ2n) is 10.3. The highest BCUT2D eigenvalue weighted by Crippen LogP contribution is 2.29. The summed E-state index contributed by atoms with van der Waals surface area (Å²) >= 11 is 0. The second-order valence-corrected chi connectivity index (χ2v) is 10.3. The summed E-state index contributed by atoms with van der Waals surface area (Å²) in [7, 11) is 0. The Morgan fingerprint density at radius 2 is 1.47 bits per heavy atom. The van der Waals surface area contributed by atoms with Crippen LogP contribution in [-0.2, 0) is 27.4 Å². The SMILES string of the molecule is CC(C)(C)OC(=O)NCc1ccc(CN[C@H](C(=O)OC2CCCC2)C2CCCCC2)cc1. The van der Waals surface area contributed by atoms with Crippen molar-refractivity contribution in [2.75, 3.05) is 0 Å². The van der Waals surface area contributed by atoms with Crippen molar-refractivity contribution in [1.29, 1.82) is 0 Å². The number of benzene rings is 1. The van der Waals surface area contributed by atoms with Crippen LogP contribution in [0.1, 0.15) is 89.7 Å². The Kier molecular flexibility index (Phi) is 8.97. The molecule has 0 bridgehead atoms. The number of carbonyl (C=O) groups excluding carboxylic acids is 2. The van der Waals surface area contributed by atoms with Crippen molar-refractivity contribution in [3.8, 4) is 0 Å². The summed E-state index contributed by atoms with van der Waals surface area (Å²) in [6, 6.07) is 7.85. The number of hydrogen-bond acceptors (Lipinski definition) is 5. The smallest absolute Gasteiger partial charge is 0.407 e. The van der Waals surface area contributed by atoms with Crippen molar-refractivity contribution in [2.45, 2.75) is 109 Å². The maximum absolute atomic E-state index is 13.0. The van der Waals surface area contributed by atoms with Gasteiger partial charge in [0, 0.05) is 13.1 Å². The van der Waals surface area contributed by atoms with Crippen LogP contribution in [0.5, 0.6) is 0 Å².